The molecule has 6 nitrogen and oxygen atoms in total. The number of aliphatic hydroxyl groups is 2. The molecule has 0 atom stereocenters. The lowest BCUT2D eigenvalue weighted by molar-refractivity contribution is -0.133. The van der Waals surface area contributed by atoms with Crippen LogP contribution in [-0.2, 0) is 9.59 Å². The summed E-state index contributed by atoms with van der Waals surface area (Å²) >= 11 is 0. The van der Waals surface area contributed by atoms with Gasteiger partial charge in [0.1, 0.15) is 0 Å². The van der Waals surface area contributed by atoms with Crippen molar-refractivity contribution in [2.24, 2.45) is 0 Å². The smallest absolute Gasteiger partial charge is 0.330 e. The second-order valence-electron chi connectivity index (χ2n) is 2.62. The summed E-state index contributed by atoms with van der Waals surface area (Å²) in [5, 5.41) is 31.0. The highest BCUT2D eigenvalue weighted by Crippen LogP contribution is 1.81. The summed E-state index contributed by atoms with van der Waals surface area (Å²) in [5.41, 5.74) is 0.352. The molecular weight excluding hydrogens is 576 g/mol. The highest BCUT2D eigenvalue weighted by molar-refractivity contribution is 5.85. The number of carboxylic acid groups (broad SMARTS) is 2. The molecule has 46 heavy (non-hydrogen) atoms. The molecule has 0 fully saturated rings. The highest BCUT2D eigenvalue weighted by atomic mass is 16.4. The van der Waals surface area contributed by atoms with E-state index in [4.69, 9.17) is 20.4 Å². The predicted molar refractivity (Wildman–Crippen MR) is 228 cm³/mol. The van der Waals surface area contributed by atoms with Gasteiger partial charge in [0.15, 0.2) is 0 Å². The first-order chi connectivity index (χ1) is 22.2. The normalized spacial score (nSPS) is 3.91. The summed E-state index contributed by atoms with van der Waals surface area (Å²) in [5.74, 6) is -1.87. The standard InChI is InChI=1S/2C4H6O2.C2H6O2.15C2H4/c2*1-3(2)4(5)6;3-1-2-4;15*1-2/h2*1H2,2H3,(H,5,6);3-4H,1-2H2;15*1-2H2. The van der Waals surface area contributed by atoms with Gasteiger partial charge in [0.25, 0.3) is 0 Å². The molecule has 0 amide bonds. The average molecular weight is 655 g/mol. The molecule has 0 unspecified atom stereocenters. The lowest BCUT2D eigenvalue weighted by atomic mass is 10.4. The van der Waals surface area contributed by atoms with Gasteiger partial charge in [-0.2, -0.15) is 0 Å². The maximum atomic E-state index is 9.60. The molecule has 0 rings (SSSR count). The Hall–Kier alpha value is -5.56. The summed E-state index contributed by atoms with van der Waals surface area (Å²) in [6, 6.07) is 0. The molecular formula is C40H78O6. The van der Waals surface area contributed by atoms with Crippen LogP contribution >= 0.6 is 0 Å². The molecule has 274 valence electrons. The molecule has 6 heteroatoms. The van der Waals surface area contributed by atoms with Crippen molar-refractivity contribution in [1.82, 2.24) is 0 Å². The molecule has 0 aromatic heterocycles. The van der Waals surface area contributed by atoms with Crippen LogP contribution in [0.1, 0.15) is 13.8 Å². The number of carbonyl (C=O) groups is 2. The molecule has 0 saturated carbocycles. The zero-order valence-corrected chi connectivity index (χ0v) is 30.6. The Morgan fingerprint density at radius 3 is 0.370 bits per heavy atom. The predicted octanol–water partition coefficient (Wildman–Crippen LogP) is 12.3. The minimum atomic E-state index is -0.935. The van der Waals surface area contributed by atoms with Crippen molar-refractivity contribution >= 4 is 11.9 Å². The number of hydrogen-bond donors (Lipinski definition) is 4. The average Bonchev–Trinajstić information content (AvgIpc) is 3.20. The van der Waals surface area contributed by atoms with Crippen molar-refractivity contribution in [3.63, 3.8) is 0 Å². The van der Waals surface area contributed by atoms with Crippen molar-refractivity contribution in [3.05, 3.63) is 222 Å². The van der Waals surface area contributed by atoms with Crippen LogP contribution in [-0.4, -0.2) is 45.6 Å². The van der Waals surface area contributed by atoms with Gasteiger partial charge in [-0.05, 0) is 13.8 Å². The Kier molecular flexibility index (Phi) is 2220. The lowest BCUT2D eigenvalue weighted by Crippen LogP contribution is -1.92. The van der Waals surface area contributed by atoms with Gasteiger partial charge in [0.05, 0.1) is 13.2 Å². The second kappa shape index (κ2) is 818. The number of aliphatic carboxylic acids is 2. The fourth-order valence-corrected chi connectivity index (χ4v) is 0. The van der Waals surface area contributed by atoms with Crippen LogP contribution in [0, 0.1) is 0 Å². The minimum Gasteiger partial charge on any atom is -0.478 e. The van der Waals surface area contributed by atoms with E-state index in [1.54, 1.807) is 0 Å². The summed E-state index contributed by atoms with van der Waals surface area (Å²) < 4.78 is 0. The largest absolute Gasteiger partial charge is 0.478 e. The monoisotopic (exact) mass is 655 g/mol. The maximum absolute atomic E-state index is 9.60. The number of aliphatic hydroxyl groups excluding tert-OH is 2. The molecule has 0 aromatic carbocycles. The summed E-state index contributed by atoms with van der Waals surface area (Å²) in [4.78, 5) is 19.2. The molecule has 0 aliphatic carbocycles. The first-order valence-corrected chi connectivity index (χ1v) is 11.7. The van der Waals surface area contributed by atoms with Gasteiger partial charge in [-0.1, -0.05) is 13.2 Å². The number of carboxylic acids is 2. The zero-order valence-electron chi connectivity index (χ0n) is 30.6. The third-order valence-corrected chi connectivity index (χ3v) is 0.830. The van der Waals surface area contributed by atoms with Crippen LogP contribution in [0.5, 0.6) is 0 Å². The first kappa shape index (κ1) is 125. The fraction of sp³-hybridized carbons (Fsp3) is 0.100. The van der Waals surface area contributed by atoms with E-state index in [0.29, 0.717) is 0 Å². The van der Waals surface area contributed by atoms with Gasteiger partial charge < -0.3 is 20.4 Å². The van der Waals surface area contributed by atoms with Crippen LogP contribution in [0.3, 0.4) is 0 Å². The van der Waals surface area contributed by atoms with Gasteiger partial charge in [-0.15, -0.1) is 197 Å². The number of rotatable bonds is 3. The lowest BCUT2D eigenvalue weighted by Gasteiger charge is -1.79. The van der Waals surface area contributed by atoms with E-state index >= 15 is 0 Å². The van der Waals surface area contributed by atoms with Crippen molar-refractivity contribution < 1.29 is 30.0 Å². The highest BCUT2D eigenvalue weighted by Gasteiger charge is 1.90. The molecule has 0 spiro atoms. The van der Waals surface area contributed by atoms with Crippen LogP contribution in [0.15, 0.2) is 222 Å². The van der Waals surface area contributed by atoms with Crippen molar-refractivity contribution in [1.29, 1.82) is 0 Å². The third kappa shape index (κ3) is 4550. The van der Waals surface area contributed by atoms with E-state index in [1.165, 1.54) is 13.8 Å². The van der Waals surface area contributed by atoms with E-state index in [0.717, 1.165) is 0 Å². The Balaban J connectivity index is -0.0000000116. The number of hydrogen-bond acceptors (Lipinski definition) is 4. The minimum absolute atomic E-state index is 0.125. The molecule has 0 aromatic rings. The first-order valence-electron chi connectivity index (χ1n) is 11.7. The van der Waals surface area contributed by atoms with Crippen molar-refractivity contribution in [3.8, 4) is 0 Å². The zero-order chi connectivity index (χ0) is 43.7. The summed E-state index contributed by atoms with van der Waals surface area (Å²) in [6.45, 7) is 99.0. The molecule has 0 aliphatic heterocycles. The van der Waals surface area contributed by atoms with Gasteiger partial charge in [0, 0.05) is 11.1 Å². The Morgan fingerprint density at radius 2 is 0.370 bits per heavy atom. The van der Waals surface area contributed by atoms with Crippen molar-refractivity contribution in [2.45, 2.75) is 13.8 Å². The van der Waals surface area contributed by atoms with Gasteiger partial charge in [0.2, 0.25) is 0 Å². The second-order valence-corrected chi connectivity index (χ2v) is 2.62. The topological polar surface area (TPSA) is 115 Å². The van der Waals surface area contributed by atoms with E-state index in [9.17, 15) is 9.59 Å². The Labute approximate surface area is 290 Å². The van der Waals surface area contributed by atoms with E-state index in [2.05, 4.69) is 211 Å². The molecule has 0 aliphatic rings. The van der Waals surface area contributed by atoms with Gasteiger partial charge in [-0.25, -0.2) is 9.59 Å². The van der Waals surface area contributed by atoms with E-state index < -0.39 is 11.9 Å². The van der Waals surface area contributed by atoms with Gasteiger partial charge in [-0.3, -0.25) is 0 Å². The fourth-order valence-electron chi connectivity index (χ4n) is 0. The van der Waals surface area contributed by atoms with E-state index in [-0.39, 0.29) is 24.4 Å². The summed E-state index contributed by atoms with van der Waals surface area (Å²) in [6.07, 6.45) is 0. The van der Waals surface area contributed by atoms with Crippen LogP contribution in [0.25, 0.3) is 0 Å². The quantitative estimate of drug-likeness (QED) is 0.178. The Morgan fingerprint density at radius 1 is 0.326 bits per heavy atom. The SMILES string of the molecule is C=C.C=C.C=C.C=C.C=C.C=C.C=C.C=C.C=C.C=C.C=C.C=C.C=C.C=C.C=C.C=C(C)C(=O)O.C=C(C)C(=O)O.OCCO. The molecule has 0 heterocycles. The van der Waals surface area contributed by atoms with Crippen LogP contribution in [0.4, 0.5) is 0 Å². The maximum Gasteiger partial charge on any atom is 0.330 e. The molecule has 0 bridgehead atoms. The Bertz CT molecular complexity index is 340. The molecule has 0 saturated heterocycles. The molecule has 4 N–H and O–H groups in total. The third-order valence-electron chi connectivity index (χ3n) is 0.830. The van der Waals surface area contributed by atoms with Crippen molar-refractivity contribution in [2.75, 3.05) is 13.2 Å². The van der Waals surface area contributed by atoms with E-state index in [1.807, 2.05) is 0 Å². The van der Waals surface area contributed by atoms with Crippen LogP contribution in [0.2, 0.25) is 0 Å². The summed E-state index contributed by atoms with van der Waals surface area (Å²) in [7, 11) is 0. The molecule has 0 radical (unpaired) electrons. The van der Waals surface area contributed by atoms with Gasteiger partial charge >= 0.3 is 11.9 Å². The van der Waals surface area contributed by atoms with Crippen LogP contribution < -0.4 is 0 Å².